The van der Waals surface area contributed by atoms with Crippen molar-refractivity contribution in [1.82, 2.24) is 0 Å². The van der Waals surface area contributed by atoms with Crippen molar-refractivity contribution >= 4 is 5.78 Å². The van der Waals surface area contributed by atoms with Crippen LogP contribution >= 0.6 is 0 Å². The Morgan fingerprint density at radius 1 is 1.50 bits per heavy atom. The number of ether oxygens (including phenoxy) is 1. The van der Waals surface area contributed by atoms with Crippen molar-refractivity contribution < 1.29 is 9.53 Å². The minimum atomic E-state index is -0.0493. The normalized spacial score (nSPS) is 32.9. The lowest BCUT2D eigenvalue weighted by molar-refractivity contribution is -0.135. The van der Waals surface area contributed by atoms with Crippen LogP contribution in [0.2, 0.25) is 0 Å². The zero-order valence-corrected chi connectivity index (χ0v) is 9.64. The summed E-state index contributed by atoms with van der Waals surface area (Å²) in [6.07, 6.45) is 4.56. The van der Waals surface area contributed by atoms with Gasteiger partial charge in [-0.3, -0.25) is 4.79 Å². The van der Waals surface area contributed by atoms with E-state index in [1.165, 1.54) is 0 Å². The van der Waals surface area contributed by atoms with Gasteiger partial charge in [-0.05, 0) is 32.6 Å². The Labute approximate surface area is 87.0 Å². The predicted octanol–water partition coefficient (Wildman–Crippen LogP) is 2.95. The Hall–Kier alpha value is -0.370. The van der Waals surface area contributed by atoms with Crippen molar-refractivity contribution in [2.45, 2.75) is 58.5 Å². The molecule has 1 aliphatic rings. The molecule has 0 aromatic rings. The van der Waals surface area contributed by atoms with E-state index in [1.807, 2.05) is 0 Å². The maximum Gasteiger partial charge on any atom is 0.136 e. The third-order valence-corrected chi connectivity index (χ3v) is 3.29. The molecule has 1 rings (SSSR count). The molecule has 1 fully saturated rings. The van der Waals surface area contributed by atoms with Gasteiger partial charge in [-0.2, -0.15) is 0 Å². The highest BCUT2D eigenvalue weighted by Gasteiger charge is 2.34. The van der Waals surface area contributed by atoms with Gasteiger partial charge in [0.2, 0.25) is 0 Å². The van der Waals surface area contributed by atoms with Crippen LogP contribution in [0, 0.1) is 5.92 Å². The Bertz CT molecular complexity index is 200. The molecule has 0 bridgehead atoms. The van der Waals surface area contributed by atoms with Crippen LogP contribution in [0.5, 0.6) is 0 Å². The Balaban J connectivity index is 2.51. The monoisotopic (exact) mass is 198 g/mol. The van der Waals surface area contributed by atoms with Gasteiger partial charge in [-0.25, -0.2) is 0 Å². The highest BCUT2D eigenvalue weighted by molar-refractivity contribution is 5.81. The Kier molecular flexibility index (Phi) is 4.11. The largest absolute Gasteiger partial charge is 0.375 e. The number of hydrogen-bond acceptors (Lipinski definition) is 2. The molecule has 0 aromatic carbocycles. The van der Waals surface area contributed by atoms with Crippen LogP contribution in [0.3, 0.4) is 0 Å². The quantitative estimate of drug-likeness (QED) is 0.694. The van der Waals surface area contributed by atoms with Crippen molar-refractivity contribution in [3.63, 3.8) is 0 Å². The first-order valence-corrected chi connectivity index (χ1v) is 5.78. The smallest absolute Gasteiger partial charge is 0.136 e. The molecule has 0 saturated carbocycles. The number of carbonyl (C=O) groups is 1. The maximum atomic E-state index is 11.7. The first kappa shape index (κ1) is 11.7. The van der Waals surface area contributed by atoms with E-state index < -0.39 is 0 Å². The van der Waals surface area contributed by atoms with Gasteiger partial charge in [0.1, 0.15) is 5.78 Å². The van der Waals surface area contributed by atoms with Crippen molar-refractivity contribution in [1.29, 1.82) is 0 Å². The second-order valence-electron chi connectivity index (χ2n) is 4.56. The molecule has 0 aromatic heterocycles. The third kappa shape index (κ3) is 2.81. The van der Waals surface area contributed by atoms with E-state index in [2.05, 4.69) is 20.8 Å². The van der Waals surface area contributed by atoms with Crippen molar-refractivity contribution in [3.8, 4) is 0 Å². The third-order valence-electron chi connectivity index (χ3n) is 3.29. The van der Waals surface area contributed by atoms with Gasteiger partial charge >= 0.3 is 0 Å². The average Bonchev–Trinajstić information content (AvgIpc) is 2.18. The fourth-order valence-corrected chi connectivity index (χ4v) is 2.10. The van der Waals surface area contributed by atoms with Gasteiger partial charge in [-0.15, -0.1) is 0 Å². The lowest BCUT2D eigenvalue weighted by Crippen LogP contribution is -2.39. The number of rotatable bonds is 4. The molecule has 14 heavy (non-hydrogen) atoms. The second-order valence-corrected chi connectivity index (χ2v) is 4.56. The molecule has 0 radical (unpaired) electrons. The fourth-order valence-electron chi connectivity index (χ4n) is 2.10. The first-order valence-electron chi connectivity index (χ1n) is 5.78. The molecule has 2 nitrogen and oxygen atoms in total. The summed E-state index contributed by atoms with van der Waals surface area (Å²) < 4.78 is 5.72. The van der Waals surface area contributed by atoms with E-state index in [0.717, 1.165) is 38.7 Å². The van der Waals surface area contributed by atoms with E-state index in [4.69, 9.17) is 4.74 Å². The minimum Gasteiger partial charge on any atom is -0.375 e. The molecule has 2 atom stereocenters. The molecular formula is C12H22O2. The molecule has 0 N–H and O–H groups in total. The first-order chi connectivity index (χ1) is 6.61. The summed E-state index contributed by atoms with van der Waals surface area (Å²) in [5.74, 6) is 0.698. The van der Waals surface area contributed by atoms with Crippen LogP contribution in [0.25, 0.3) is 0 Å². The number of Topliss-reactive ketones (excluding diaryl/α,β-unsaturated/α-hetero) is 1. The fraction of sp³-hybridized carbons (Fsp3) is 0.917. The van der Waals surface area contributed by atoms with Gasteiger partial charge in [0, 0.05) is 18.9 Å². The van der Waals surface area contributed by atoms with Crippen LogP contribution in [-0.4, -0.2) is 18.0 Å². The zero-order valence-electron chi connectivity index (χ0n) is 9.64. The maximum absolute atomic E-state index is 11.7. The van der Waals surface area contributed by atoms with Crippen molar-refractivity contribution in [2.24, 2.45) is 5.92 Å². The lowest BCUT2D eigenvalue weighted by atomic mass is 9.82. The van der Waals surface area contributed by atoms with Gasteiger partial charge < -0.3 is 4.74 Å². The van der Waals surface area contributed by atoms with Crippen LogP contribution in [-0.2, 0) is 9.53 Å². The molecule has 1 saturated heterocycles. The van der Waals surface area contributed by atoms with E-state index in [9.17, 15) is 4.79 Å². The summed E-state index contributed by atoms with van der Waals surface area (Å²) in [6.45, 7) is 7.08. The summed E-state index contributed by atoms with van der Waals surface area (Å²) in [7, 11) is 0. The van der Waals surface area contributed by atoms with Gasteiger partial charge in [0.05, 0.1) is 5.60 Å². The van der Waals surface area contributed by atoms with Gasteiger partial charge in [0.15, 0.2) is 0 Å². The summed E-state index contributed by atoms with van der Waals surface area (Å²) in [6, 6.07) is 0. The lowest BCUT2D eigenvalue weighted by Gasteiger charge is -2.37. The van der Waals surface area contributed by atoms with Gasteiger partial charge in [-0.1, -0.05) is 13.8 Å². The number of hydrogen-bond donors (Lipinski definition) is 0. The molecule has 0 spiro atoms. The Morgan fingerprint density at radius 3 is 2.79 bits per heavy atom. The zero-order chi connectivity index (χ0) is 10.6. The van der Waals surface area contributed by atoms with E-state index in [1.54, 1.807) is 0 Å². The predicted molar refractivity (Wildman–Crippen MR) is 57.3 cm³/mol. The molecule has 2 unspecified atom stereocenters. The van der Waals surface area contributed by atoms with Gasteiger partial charge in [0.25, 0.3) is 0 Å². The number of ketones is 1. The van der Waals surface area contributed by atoms with Crippen LogP contribution < -0.4 is 0 Å². The number of carbonyl (C=O) groups excluding carboxylic acids is 1. The highest BCUT2D eigenvalue weighted by Crippen LogP contribution is 2.32. The Morgan fingerprint density at radius 2 is 2.21 bits per heavy atom. The van der Waals surface area contributed by atoms with Crippen LogP contribution in [0.4, 0.5) is 0 Å². The van der Waals surface area contributed by atoms with Crippen molar-refractivity contribution in [3.05, 3.63) is 0 Å². The topological polar surface area (TPSA) is 26.3 Å². The minimum absolute atomic E-state index is 0.0493. The molecule has 0 aliphatic carbocycles. The molecule has 82 valence electrons. The van der Waals surface area contributed by atoms with E-state index >= 15 is 0 Å². The molecule has 0 amide bonds. The second kappa shape index (κ2) is 4.92. The standard InChI is InChI=1S/C12H22O2/c1-4-6-11(13)10-7-8-14-12(3,5-2)9-10/h10H,4-9H2,1-3H3. The molecule has 1 heterocycles. The molecular weight excluding hydrogens is 176 g/mol. The summed E-state index contributed by atoms with van der Waals surface area (Å²) in [5.41, 5.74) is -0.0493. The molecule has 1 aliphatic heterocycles. The average molecular weight is 198 g/mol. The van der Waals surface area contributed by atoms with Crippen LogP contribution in [0.1, 0.15) is 52.9 Å². The summed E-state index contributed by atoms with van der Waals surface area (Å²) >= 11 is 0. The van der Waals surface area contributed by atoms with Crippen molar-refractivity contribution in [2.75, 3.05) is 6.61 Å². The SMILES string of the molecule is CCCC(=O)C1CCOC(C)(CC)C1. The molecule has 2 heteroatoms. The van der Waals surface area contributed by atoms with E-state index in [0.29, 0.717) is 5.78 Å². The highest BCUT2D eigenvalue weighted by atomic mass is 16.5. The van der Waals surface area contributed by atoms with Crippen LogP contribution in [0.15, 0.2) is 0 Å². The van der Waals surface area contributed by atoms with E-state index in [-0.39, 0.29) is 11.5 Å². The summed E-state index contributed by atoms with van der Waals surface area (Å²) in [4.78, 5) is 11.7. The summed E-state index contributed by atoms with van der Waals surface area (Å²) in [5, 5.41) is 0.